The minimum absolute atomic E-state index is 0.356. The Bertz CT molecular complexity index is 471. The largest absolute Gasteiger partial charge is 0.438 e. The summed E-state index contributed by atoms with van der Waals surface area (Å²) in [5.74, 6) is 1.20. The van der Waals surface area contributed by atoms with Crippen LogP contribution in [0, 0.1) is 0 Å². The fraction of sp³-hybridized carbons (Fsp3) is 0.167. The van der Waals surface area contributed by atoms with Crippen LogP contribution in [0.3, 0.4) is 0 Å². The first-order chi connectivity index (χ1) is 7.78. The maximum absolute atomic E-state index is 5.63. The van der Waals surface area contributed by atoms with Gasteiger partial charge in [-0.3, -0.25) is 0 Å². The van der Waals surface area contributed by atoms with Crippen molar-refractivity contribution in [3.63, 3.8) is 0 Å². The summed E-state index contributed by atoms with van der Waals surface area (Å²) in [6.07, 6.45) is 0.976. The van der Waals surface area contributed by atoms with Gasteiger partial charge in [0.2, 0.25) is 5.88 Å². The second kappa shape index (κ2) is 4.94. The first-order valence-electron chi connectivity index (χ1n) is 5.04. The van der Waals surface area contributed by atoms with Crippen LogP contribution in [0.2, 0.25) is 5.15 Å². The molecule has 0 saturated carbocycles. The predicted molar refractivity (Wildman–Crippen MR) is 62.9 cm³/mol. The molecule has 82 valence electrons. The average molecular weight is 235 g/mol. The van der Waals surface area contributed by atoms with Crippen molar-refractivity contribution in [2.45, 2.75) is 13.3 Å². The summed E-state index contributed by atoms with van der Waals surface area (Å²) in [7, 11) is 0. The summed E-state index contributed by atoms with van der Waals surface area (Å²) in [6.45, 7) is 2.10. The molecule has 1 aromatic heterocycles. The molecule has 0 saturated heterocycles. The predicted octanol–water partition coefficient (Wildman–Crippen LogP) is 3.48. The molecule has 0 bridgehead atoms. The van der Waals surface area contributed by atoms with Crippen molar-refractivity contribution in [3.05, 3.63) is 47.1 Å². The molecule has 2 aromatic rings. The van der Waals surface area contributed by atoms with Crippen LogP contribution < -0.4 is 4.74 Å². The van der Waals surface area contributed by atoms with Crippen molar-refractivity contribution in [2.24, 2.45) is 0 Å². The number of halogens is 1. The zero-order valence-electron chi connectivity index (χ0n) is 8.85. The van der Waals surface area contributed by atoms with E-state index in [1.807, 2.05) is 18.2 Å². The summed E-state index contributed by atoms with van der Waals surface area (Å²) in [4.78, 5) is 0. The van der Waals surface area contributed by atoms with Crippen LogP contribution in [0.5, 0.6) is 11.6 Å². The van der Waals surface area contributed by atoms with Gasteiger partial charge in [0.15, 0.2) is 5.15 Å². The fourth-order valence-electron chi connectivity index (χ4n) is 1.31. The molecule has 0 aliphatic rings. The molecular weight excluding hydrogens is 224 g/mol. The molecule has 0 aliphatic carbocycles. The zero-order valence-corrected chi connectivity index (χ0v) is 9.61. The molecule has 0 atom stereocenters. The van der Waals surface area contributed by atoms with Crippen molar-refractivity contribution in [2.75, 3.05) is 0 Å². The van der Waals surface area contributed by atoms with Gasteiger partial charge < -0.3 is 4.74 Å². The van der Waals surface area contributed by atoms with E-state index in [1.54, 1.807) is 12.1 Å². The lowest BCUT2D eigenvalue weighted by Crippen LogP contribution is -1.90. The molecule has 0 unspecified atom stereocenters. The lowest BCUT2D eigenvalue weighted by atomic mass is 10.2. The number of aromatic nitrogens is 2. The van der Waals surface area contributed by atoms with Crippen LogP contribution in [0.25, 0.3) is 0 Å². The molecule has 1 aromatic carbocycles. The highest BCUT2D eigenvalue weighted by Crippen LogP contribution is 2.20. The van der Waals surface area contributed by atoms with Crippen molar-refractivity contribution < 1.29 is 4.74 Å². The molecule has 16 heavy (non-hydrogen) atoms. The highest BCUT2D eigenvalue weighted by Gasteiger charge is 2.00. The van der Waals surface area contributed by atoms with Crippen LogP contribution in [-0.4, -0.2) is 10.2 Å². The Labute approximate surface area is 99.0 Å². The summed E-state index contributed by atoms with van der Waals surface area (Å²) < 4.78 is 5.54. The van der Waals surface area contributed by atoms with Gasteiger partial charge in [0, 0.05) is 6.07 Å². The standard InChI is InChI=1S/C12H11ClN2O/c1-2-9-4-3-5-10(8-9)16-12-7-6-11(13)14-15-12/h3-8H,2H2,1H3. The molecule has 0 fully saturated rings. The smallest absolute Gasteiger partial charge is 0.238 e. The van der Waals surface area contributed by atoms with Crippen LogP contribution in [0.4, 0.5) is 0 Å². The van der Waals surface area contributed by atoms with E-state index in [4.69, 9.17) is 16.3 Å². The van der Waals surface area contributed by atoms with Gasteiger partial charge in [-0.25, -0.2) is 0 Å². The molecule has 1 heterocycles. The number of rotatable bonds is 3. The summed E-state index contributed by atoms with van der Waals surface area (Å²) >= 11 is 5.63. The summed E-state index contributed by atoms with van der Waals surface area (Å²) in [5, 5.41) is 7.89. The van der Waals surface area contributed by atoms with E-state index in [2.05, 4.69) is 23.2 Å². The Morgan fingerprint density at radius 3 is 2.75 bits per heavy atom. The third-order valence-electron chi connectivity index (χ3n) is 2.14. The third kappa shape index (κ3) is 2.70. The van der Waals surface area contributed by atoms with Crippen molar-refractivity contribution >= 4 is 11.6 Å². The average Bonchev–Trinajstić information content (AvgIpc) is 2.32. The Morgan fingerprint density at radius 2 is 2.06 bits per heavy atom. The quantitative estimate of drug-likeness (QED) is 0.816. The van der Waals surface area contributed by atoms with Crippen LogP contribution in [-0.2, 0) is 6.42 Å². The highest BCUT2D eigenvalue weighted by atomic mass is 35.5. The van der Waals surface area contributed by atoms with Gasteiger partial charge in [-0.2, -0.15) is 0 Å². The molecule has 3 nitrogen and oxygen atoms in total. The molecule has 0 spiro atoms. The minimum Gasteiger partial charge on any atom is -0.438 e. The van der Waals surface area contributed by atoms with Gasteiger partial charge >= 0.3 is 0 Å². The Hall–Kier alpha value is -1.61. The Balaban J connectivity index is 2.16. The van der Waals surface area contributed by atoms with Gasteiger partial charge in [-0.15, -0.1) is 10.2 Å². The number of nitrogens with zero attached hydrogens (tertiary/aromatic N) is 2. The topological polar surface area (TPSA) is 35.0 Å². The van der Waals surface area contributed by atoms with E-state index in [1.165, 1.54) is 5.56 Å². The lowest BCUT2D eigenvalue weighted by Gasteiger charge is -2.05. The van der Waals surface area contributed by atoms with E-state index in [9.17, 15) is 0 Å². The van der Waals surface area contributed by atoms with Crippen molar-refractivity contribution in [1.29, 1.82) is 0 Å². The molecule has 4 heteroatoms. The number of ether oxygens (including phenoxy) is 1. The van der Waals surface area contributed by atoms with E-state index in [-0.39, 0.29) is 0 Å². The molecule has 0 amide bonds. The van der Waals surface area contributed by atoms with Crippen LogP contribution in [0.15, 0.2) is 36.4 Å². The summed E-state index contributed by atoms with van der Waals surface area (Å²) in [5.41, 5.74) is 1.22. The fourth-order valence-corrected chi connectivity index (χ4v) is 1.41. The van der Waals surface area contributed by atoms with E-state index < -0.39 is 0 Å². The van der Waals surface area contributed by atoms with E-state index >= 15 is 0 Å². The zero-order chi connectivity index (χ0) is 11.4. The molecule has 2 rings (SSSR count). The molecule has 0 aliphatic heterocycles. The normalized spacial score (nSPS) is 10.1. The first-order valence-corrected chi connectivity index (χ1v) is 5.42. The number of hydrogen-bond donors (Lipinski definition) is 0. The summed E-state index contributed by atoms with van der Waals surface area (Å²) in [6, 6.07) is 11.2. The third-order valence-corrected chi connectivity index (χ3v) is 2.34. The van der Waals surface area contributed by atoms with Crippen LogP contribution >= 0.6 is 11.6 Å². The second-order valence-electron chi connectivity index (χ2n) is 3.30. The maximum atomic E-state index is 5.63. The highest BCUT2D eigenvalue weighted by molar-refractivity contribution is 6.29. The number of benzene rings is 1. The first kappa shape index (κ1) is 10.9. The lowest BCUT2D eigenvalue weighted by molar-refractivity contribution is 0.454. The molecule has 0 N–H and O–H groups in total. The van der Waals surface area contributed by atoms with E-state index in [0.717, 1.165) is 12.2 Å². The Kier molecular flexibility index (Phi) is 3.37. The van der Waals surface area contributed by atoms with Gasteiger partial charge in [0.1, 0.15) is 5.75 Å². The minimum atomic E-state index is 0.356. The van der Waals surface area contributed by atoms with Gasteiger partial charge in [-0.1, -0.05) is 30.7 Å². The van der Waals surface area contributed by atoms with Crippen molar-refractivity contribution in [3.8, 4) is 11.6 Å². The maximum Gasteiger partial charge on any atom is 0.238 e. The molecule has 0 radical (unpaired) electrons. The monoisotopic (exact) mass is 234 g/mol. The van der Waals surface area contributed by atoms with Crippen LogP contribution in [0.1, 0.15) is 12.5 Å². The number of aryl methyl sites for hydroxylation is 1. The Morgan fingerprint density at radius 1 is 1.19 bits per heavy atom. The van der Waals surface area contributed by atoms with Gasteiger partial charge in [0.05, 0.1) is 0 Å². The van der Waals surface area contributed by atoms with Gasteiger partial charge in [-0.05, 0) is 30.2 Å². The SMILES string of the molecule is CCc1cccc(Oc2ccc(Cl)nn2)c1. The van der Waals surface area contributed by atoms with Gasteiger partial charge in [0.25, 0.3) is 0 Å². The second-order valence-corrected chi connectivity index (χ2v) is 3.68. The molecular formula is C12H11ClN2O. The van der Waals surface area contributed by atoms with E-state index in [0.29, 0.717) is 11.0 Å². The number of hydrogen-bond acceptors (Lipinski definition) is 3. The van der Waals surface area contributed by atoms with Crippen molar-refractivity contribution in [1.82, 2.24) is 10.2 Å².